The van der Waals surface area contributed by atoms with Crippen molar-refractivity contribution in [3.63, 3.8) is 0 Å². The molecule has 5 aromatic rings. The van der Waals surface area contributed by atoms with Crippen molar-refractivity contribution in [2.45, 2.75) is 74.0 Å². The molecule has 350 valence electrons. The molecule has 0 aliphatic carbocycles. The van der Waals surface area contributed by atoms with Gasteiger partial charge in [-0.2, -0.15) is 0 Å². The molecule has 10 atom stereocenters. The van der Waals surface area contributed by atoms with Crippen molar-refractivity contribution in [1.29, 1.82) is 0 Å². The van der Waals surface area contributed by atoms with Gasteiger partial charge in [-0.05, 0) is 59.8 Å². The first kappa shape index (κ1) is 46.2. The summed E-state index contributed by atoms with van der Waals surface area (Å²) in [5.41, 5.74) is 0.568. The van der Waals surface area contributed by atoms with Crippen molar-refractivity contribution < 1.29 is 71.4 Å². The molecule has 4 aliphatic heterocycles. The molecule has 5 aromatic carbocycles. The Kier molecular flexibility index (Phi) is 14.2. The van der Waals surface area contributed by atoms with Gasteiger partial charge in [0.1, 0.15) is 36.4 Å². The van der Waals surface area contributed by atoms with Crippen molar-refractivity contribution >= 4 is 47.6 Å². The summed E-state index contributed by atoms with van der Waals surface area (Å²) in [6.07, 6.45) is -12.3. The second kappa shape index (κ2) is 21.0. The molecule has 2 amide bonds. The van der Waals surface area contributed by atoms with E-state index in [2.05, 4.69) is 0 Å². The van der Waals surface area contributed by atoms with Gasteiger partial charge in [0.25, 0.3) is 11.8 Å². The molecule has 16 nitrogen and oxygen atoms in total. The summed E-state index contributed by atoms with van der Waals surface area (Å²) in [6, 6.07) is 37.7. The summed E-state index contributed by atoms with van der Waals surface area (Å²) in [4.78, 5) is 85.2. The third-order valence-electron chi connectivity index (χ3n) is 11.7. The molecule has 17 heteroatoms. The number of hydrogen-bond acceptors (Lipinski definition) is 16. The van der Waals surface area contributed by atoms with E-state index >= 15 is 0 Å². The molecule has 3 saturated heterocycles. The zero-order valence-electron chi connectivity index (χ0n) is 36.4. The molecular formula is C51H45NO15S. The standard InChI is InChI=1S/C51H45NO15S/c1-2-68-50-43-42(66-51(58)67-43)40(36(62-50)28-59-27-30-17-7-3-8-18-30)65-49-38(52-44(53)34-25-15-16-26-35(34)45(52)54)41(64-48(57)33-23-13-6-14-24-33)39(63-47(56)32-21-11-5-12-22-32)37(61-49)29-60-46(55)31-19-9-4-10-20-31/h3-26,36-43,49-50H,2,27-29H2,1H3/t36-,37-,38-,39-,40-,41-,42+,43-,49+,50+/m1/s1. The lowest BCUT2D eigenvalue weighted by molar-refractivity contribution is -0.316. The van der Waals surface area contributed by atoms with Crippen LogP contribution in [0.2, 0.25) is 0 Å². The molecule has 9 rings (SSSR count). The van der Waals surface area contributed by atoms with Crippen molar-refractivity contribution in [3.05, 3.63) is 179 Å². The lowest BCUT2D eigenvalue weighted by atomic mass is 9.93. The Hall–Kier alpha value is -6.89. The zero-order chi connectivity index (χ0) is 47.1. The SMILES string of the molecule is CCS[C@@H]1O[C@H](COCc2ccccc2)[C@@H](O[C@@H]2O[C@H](COC(=O)c3ccccc3)[C@@H](OC(=O)c3ccccc3)[C@H](OC(=O)c3ccccc3)[C@H]2N2C(=O)c3ccccc3C2=O)[C@@H]2OC(=O)O[C@H]21. The minimum atomic E-state index is -1.81. The Morgan fingerprint density at radius 2 is 1.07 bits per heavy atom. The third-order valence-corrected chi connectivity index (χ3v) is 12.7. The number of carbonyl (C=O) groups is 6. The Morgan fingerprint density at radius 1 is 0.574 bits per heavy atom. The van der Waals surface area contributed by atoms with E-state index in [9.17, 15) is 28.8 Å². The van der Waals surface area contributed by atoms with Crippen molar-refractivity contribution in [3.8, 4) is 0 Å². The highest BCUT2D eigenvalue weighted by atomic mass is 32.2. The van der Waals surface area contributed by atoms with E-state index in [1.54, 1.807) is 78.9 Å². The van der Waals surface area contributed by atoms with E-state index < -0.39 is 103 Å². The summed E-state index contributed by atoms with van der Waals surface area (Å²) in [5.74, 6) is -3.62. The Balaban J connectivity index is 1.16. The third kappa shape index (κ3) is 9.88. The van der Waals surface area contributed by atoms with Crippen LogP contribution in [-0.4, -0.2) is 120 Å². The number of esters is 3. The quantitative estimate of drug-likeness (QED) is 0.0579. The van der Waals surface area contributed by atoms with E-state index in [0.29, 0.717) is 5.75 Å². The second-order valence-electron chi connectivity index (χ2n) is 16.0. The zero-order valence-corrected chi connectivity index (χ0v) is 37.3. The van der Waals surface area contributed by atoms with Gasteiger partial charge in [0.2, 0.25) is 0 Å². The molecule has 4 aliphatic rings. The van der Waals surface area contributed by atoms with Gasteiger partial charge >= 0.3 is 24.1 Å². The number of hydrogen-bond donors (Lipinski definition) is 0. The molecule has 0 saturated carbocycles. The maximum Gasteiger partial charge on any atom is 0.509 e. The molecule has 68 heavy (non-hydrogen) atoms. The highest BCUT2D eigenvalue weighted by Crippen LogP contribution is 2.41. The van der Waals surface area contributed by atoms with Crippen LogP contribution in [0.15, 0.2) is 146 Å². The van der Waals surface area contributed by atoms with Crippen LogP contribution in [0.5, 0.6) is 0 Å². The summed E-state index contributed by atoms with van der Waals surface area (Å²) in [6.45, 7) is 1.34. The Labute approximate surface area is 394 Å². The van der Waals surface area contributed by atoms with Crippen LogP contribution in [-0.2, 0) is 49.2 Å². The number of nitrogens with zero attached hydrogens (tertiary/aromatic N) is 1. The molecule has 0 spiro atoms. The van der Waals surface area contributed by atoms with Crippen LogP contribution >= 0.6 is 11.8 Å². The minimum absolute atomic E-state index is 0.0342. The van der Waals surface area contributed by atoms with Gasteiger partial charge in [-0.15, -0.1) is 11.8 Å². The maximum absolute atomic E-state index is 14.7. The van der Waals surface area contributed by atoms with Crippen LogP contribution in [0, 0.1) is 0 Å². The van der Waals surface area contributed by atoms with Gasteiger partial charge in [0.05, 0.1) is 41.0 Å². The number of fused-ring (bicyclic) bond motifs is 2. The van der Waals surface area contributed by atoms with Crippen LogP contribution in [0.1, 0.15) is 64.3 Å². The molecule has 0 radical (unpaired) electrons. The monoisotopic (exact) mass is 943 g/mol. The fourth-order valence-electron chi connectivity index (χ4n) is 8.52. The second-order valence-corrected chi connectivity index (χ2v) is 17.4. The molecule has 4 heterocycles. The largest absolute Gasteiger partial charge is 0.509 e. The van der Waals surface area contributed by atoms with E-state index in [-0.39, 0.29) is 41.0 Å². The molecular weight excluding hydrogens is 899 g/mol. The number of rotatable bonds is 16. The highest BCUT2D eigenvalue weighted by Gasteiger charge is 2.61. The van der Waals surface area contributed by atoms with Gasteiger partial charge in [0, 0.05) is 0 Å². The number of benzene rings is 5. The van der Waals surface area contributed by atoms with Crippen LogP contribution in [0.25, 0.3) is 0 Å². The van der Waals surface area contributed by atoms with E-state index in [4.69, 9.17) is 42.6 Å². The first-order chi connectivity index (χ1) is 33.2. The predicted octanol–water partition coefficient (Wildman–Crippen LogP) is 6.67. The maximum atomic E-state index is 14.7. The summed E-state index contributed by atoms with van der Waals surface area (Å²) < 4.78 is 56.3. The van der Waals surface area contributed by atoms with Gasteiger partial charge in [-0.25, -0.2) is 19.2 Å². The van der Waals surface area contributed by atoms with Crippen LogP contribution in [0.3, 0.4) is 0 Å². The van der Waals surface area contributed by atoms with Crippen LogP contribution in [0.4, 0.5) is 4.79 Å². The Morgan fingerprint density at radius 3 is 1.65 bits per heavy atom. The van der Waals surface area contributed by atoms with Gasteiger partial charge < -0.3 is 42.6 Å². The molecule has 0 unspecified atom stereocenters. The number of imide groups is 1. The fraction of sp³-hybridized carbons (Fsp3) is 0.294. The molecule has 3 fully saturated rings. The number of amides is 2. The van der Waals surface area contributed by atoms with E-state index in [1.165, 1.54) is 48.2 Å². The summed E-state index contributed by atoms with van der Waals surface area (Å²) in [5, 5.41) is 0. The lowest BCUT2D eigenvalue weighted by Gasteiger charge is -2.49. The summed E-state index contributed by atoms with van der Waals surface area (Å²) >= 11 is 1.37. The molecule has 0 aromatic heterocycles. The lowest BCUT2D eigenvalue weighted by Crippen LogP contribution is -2.69. The number of carbonyl (C=O) groups excluding carboxylic acids is 6. The van der Waals surface area contributed by atoms with Gasteiger partial charge in [0.15, 0.2) is 30.7 Å². The fourth-order valence-corrected chi connectivity index (χ4v) is 9.47. The topological polar surface area (TPSA) is 189 Å². The van der Waals surface area contributed by atoms with Crippen molar-refractivity contribution in [2.24, 2.45) is 0 Å². The average molecular weight is 944 g/mol. The minimum Gasteiger partial charge on any atom is -0.459 e. The molecule has 0 bridgehead atoms. The first-order valence-corrected chi connectivity index (χ1v) is 23.0. The van der Waals surface area contributed by atoms with E-state index in [0.717, 1.165) is 10.5 Å². The number of thioether (sulfide) groups is 1. The first-order valence-electron chi connectivity index (χ1n) is 22.0. The normalized spacial score (nSPS) is 26.2. The van der Waals surface area contributed by atoms with E-state index in [1.807, 2.05) is 37.3 Å². The van der Waals surface area contributed by atoms with Gasteiger partial charge in [-0.3, -0.25) is 14.5 Å². The van der Waals surface area contributed by atoms with Crippen LogP contribution < -0.4 is 0 Å². The smallest absolute Gasteiger partial charge is 0.459 e. The van der Waals surface area contributed by atoms with Gasteiger partial charge in [-0.1, -0.05) is 104 Å². The average Bonchev–Trinajstić information content (AvgIpc) is 3.89. The predicted molar refractivity (Wildman–Crippen MR) is 240 cm³/mol. The summed E-state index contributed by atoms with van der Waals surface area (Å²) in [7, 11) is 0. The highest BCUT2D eigenvalue weighted by molar-refractivity contribution is 7.99. The van der Waals surface area contributed by atoms with Crippen molar-refractivity contribution in [2.75, 3.05) is 19.0 Å². The molecule has 0 N–H and O–H groups in total. The van der Waals surface area contributed by atoms with Crippen molar-refractivity contribution in [1.82, 2.24) is 4.90 Å². The Bertz CT molecular complexity index is 2570. The number of ether oxygens (including phenoxy) is 9.